The number of hydrogen-bond donors (Lipinski definition) is 1. The molecule has 1 aromatic heterocycles. The number of imidazole rings is 1. The van der Waals surface area contributed by atoms with Crippen LogP contribution in [0.15, 0.2) is 24.5 Å². The van der Waals surface area contributed by atoms with Gasteiger partial charge in [0.25, 0.3) is 0 Å². The number of unbranched alkanes of at least 4 members (excludes halogenated alkanes) is 1. The summed E-state index contributed by atoms with van der Waals surface area (Å²) in [5, 5.41) is 2.67. The molecule has 0 atom stereocenters. The fourth-order valence-corrected chi connectivity index (χ4v) is 1.69. The summed E-state index contributed by atoms with van der Waals surface area (Å²) in [4.78, 5) is 4.03. The predicted molar refractivity (Wildman–Crippen MR) is 66.7 cm³/mol. The van der Waals surface area contributed by atoms with E-state index in [9.17, 15) is 13.2 Å². The Kier molecular flexibility index (Phi) is 4.09. The van der Waals surface area contributed by atoms with Crippen molar-refractivity contribution in [2.75, 3.05) is 5.32 Å². The molecule has 0 saturated carbocycles. The number of benzene rings is 1. The van der Waals surface area contributed by atoms with Gasteiger partial charge >= 0.3 is 0 Å². The highest BCUT2D eigenvalue weighted by molar-refractivity contribution is 5.54. The van der Waals surface area contributed by atoms with Gasteiger partial charge < -0.3 is 9.88 Å². The third kappa shape index (κ3) is 2.89. The molecule has 2 rings (SSSR count). The first-order valence-electron chi connectivity index (χ1n) is 6.05. The fraction of sp³-hybridized carbons (Fsp3) is 0.308. The van der Waals surface area contributed by atoms with Crippen molar-refractivity contribution >= 4 is 11.6 Å². The number of rotatable bonds is 5. The van der Waals surface area contributed by atoms with E-state index in [0.29, 0.717) is 5.95 Å². The number of nitrogens with one attached hydrogen (secondary N) is 1. The van der Waals surface area contributed by atoms with Crippen LogP contribution in [0.5, 0.6) is 0 Å². The van der Waals surface area contributed by atoms with Crippen LogP contribution >= 0.6 is 0 Å². The molecule has 6 heteroatoms. The highest BCUT2D eigenvalue weighted by atomic mass is 19.2. The summed E-state index contributed by atoms with van der Waals surface area (Å²) in [6.45, 7) is 2.78. The first-order valence-corrected chi connectivity index (χ1v) is 6.05. The Morgan fingerprint density at radius 1 is 1.21 bits per heavy atom. The van der Waals surface area contributed by atoms with Crippen LogP contribution in [0.4, 0.5) is 24.8 Å². The Bertz CT molecular complexity index is 566. The highest BCUT2D eigenvalue weighted by Gasteiger charge is 2.14. The second-order valence-corrected chi connectivity index (χ2v) is 4.15. The van der Waals surface area contributed by atoms with Crippen LogP contribution in [0.3, 0.4) is 0 Å². The normalized spacial score (nSPS) is 10.7. The minimum absolute atomic E-state index is 0.136. The second-order valence-electron chi connectivity index (χ2n) is 4.15. The Hall–Kier alpha value is -1.98. The van der Waals surface area contributed by atoms with Crippen LogP contribution in [-0.2, 0) is 6.54 Å². The van der Waals surface area contributed by atoms with Crippen molar-refractivity contribution in [1.82, 2.24) is 9.55 Å². The maximum Gasteiger partial charge on any atom is 0.207 e. The summed E-state index contributed by atoms with van der Waals surface area (Å²) in [5.74, 6) is -3.54. The molecule has 0 saturated heterocycles. The van der Waals surface area contributed by atoms with E-state index in [2.05, 4.69) is 17.2 Å². The van der Waals surface area contributed by atoms with Gasteiger partial charge in [-0.05, 0) is 18.6 Å². The zero-order valence-corrected chi connectivity index (χ0v) is 10.5. The Morgan fingerprint density at radius 3 is 2.74 bits per heavy atom. The van der Waals surface area contributed by atoms with Gasteiger partial charge in [-0.15, -0.1) is 0 Å². The average molecular weight is 269 g/mol. The largest absolute Gasteiger partial charge is 0.323 e. The molecule has 0 unspecified atom stereocenters. The van der Waals surface area contributed by atoms with Gasteiger partial charge in [-0.3, -0.25) is 0 Å². The zero-order chi connectivity index (χ0) is 13.8. The van der Waals surface area contributed by atoms with Gasteiger partial charge in [0, 0.05) is 18.9 Å². The SMILES string of the molecule is CCCCn1ccnc1Nc1ccc(F)c(F)c1F. The molecule has 0 aliphatic heterocycles. The van der Waals surface area contributed by atoms with Gasteiger partial charge in [-0.2, -0.15) is 0 Å². The van der Waals surface area contributed by atoms with Gasteiger partial charge in [0.2, 0.25) is 5.95 Å². The number of aryl methyl sites for hydroxylation is 1. The third-order valence-corrected chi connectivity index (χ3v) is 2.75. The molecule has 0 aliphatic rings. The van der Waals surface area contributed by atoms with Crippen LogP contribution in [-0.4, -0.2) is 9.55 Å². The van der Waals surface area contributed by atoms with E-state index in [-0.39, 0.29) is 5.69 Å². The smallest absolute Gasteiger partial charge is 0.207 e. The van der Waals surface area contributed by atoms with Crippen LogP contribution in [0.25, 0.3) is 0 Å². The zero-order valence-electron chi connectivity index (χ0n) is 10.5. The molecule has 0 fully saturated rings. The molecule has 0 aliphatic carbocycles. The first kappa shape index (κ1) is 13.5. The molecule has 3 nitrogen and oxygen atoms in total. The lowest BCUT2D eigenvalue weighted by molar-refractivity contribution is 0.449. The molecule has 0 amide bonds. The van der Waals surface area contributed by atoms with Crippen molar-refractivity contribution < 1.29 is 13.2 Å². The van der Waals surface area contributed by atoms with Gasteiger partial charge in [0.1, 0.15) is 0 Å². The van der Waals surface area contributed by atoms with Crippen LogP contribution in [0.2, 0.25) is 0 Å². The molecule has 0 radical (unpaired) electrons. The van der Waals surface area contributed by atoms with Crippen molar-refractivity contribution in [1.29, 1.82) is 0 Å². The molecule has 1 aromatic carbocycles. The van der Waals surface area contributed by atoms with E-state index in [1.54, 1.807) is 17.0 Å². The lowest BCUT2D eigenvalue weighted by Gasteiger charge is -2.10. The van der Waals surface area contributed by atoms with Crippen LogP contribution in [0.1, 0.15) is 19.8 Å². The van der Waals surface area contributed by atoms with Crippen molar-refractivity contribution in [2.45, 2.75) is 26.3 Å². The molecule has 1 N–H and O–H groups in total. The van der Waals surface area contributed by atoms with Gasteiger partial charge in [0.05, 0.1) is 5.69 Å². The number of nitrogens with zero attached hydrogens (tertiary/aromatic N) is 2. The van der Waals surface area contributed by atoms with E-state index in [4.69, 9.17) is 0 Å². The topological polar surface area (TPSA) is 29.9 Å². The average Bonchev–Trinajstić information content (AvgIpc) is 2.84. The lowest BCUT2D eigenvalue weighted by atomic mass is 10.3. The van der Waals surface area contributed by atoms with E-state index >= 15 is 0 Å². The van der Waals surface area contributed by atoms with Crippen molar-refractivity contribution in [3.05, 3.63) is 42.0 Å². The molecular formula is C13H14F3N3. The molecule has 19 heavy (non-hydrogen) atoms. The molecule has 1 heterocycles. The van der Waals surface area contributed by atoms with Gasteiger partial charge in [-0.1, -0.05) is 13.3 Å². The van der Waals surface area contributed by atoms with E-state index in [0.717, 1.165) is 31.5 Å². The third-order valence-electron chi connectivity index (χ3n) is 2.75. The molecule has 0 spiro atoms. The summed E-state index contributed by atoms with van der Waals surface area (Å²) >= 11 is 0. The van der Waals surface area contributed by atoms with E-state index in [1.165, 1.54) is 0 Å². The van der Waals surface area contributed by atoms with Crippen molar-refractivity contribution in [2.24, 2.45) is 0 Å². The molecule has 0 bridgehead atoms. The maximum atomic E-state index is 13.5. The first-order chi connectivity index (χ1) is 9.13. The highest BCUT2D eigenvalue weighted by Crippen LogP contribution is 2.22. The van der Waals surface area contributed by atoms with Crippen LogP contribution in [0, 0.1) is 17.5 Å². The molecule has 102 valence electrons. The summed E-state index contributed by atoms with van der Waals surface area (Å²) < 4.78 is 41.2. The van der Waals surface area contributed by atoms with E-state index < -0.39 is 17.5 Å². The Morgan fingerprint density at radius 2 is 2.00 bits per heavy atom. The standard InChI is InChI=1S/C13H14F3N3/c1-2-3-7-19-8-6-17-13(19)18-10-5-4-9(14)11(15)12(10)16/h4-6,8H,2-3,7H2,1H3,(H,17,18). The van der Waals surface area contributed by atoms with Crippen molar-refractivity contribution in [3.8, 4) is 0 Å². The molecule has 2 aromatic rings. The molecular weight excluding hydrogens is 255 g/mol. The van der Waals surface area contributed by atoms with Gasteiger partial charge in [-0.25, -0.2) is 18.2 Å². The van der Waals surface area contributed by atoms with E-state index in [1.807, 2.05) is 0 Å². The predicted octanol–water partition coefficient (Wildman–Crippen LogP) is 3.84. The lowest BCUT2D eigenvalue weighted by Crippen LogP contribution is -2.05. The maximum absolute atomic E-state index is 13.5. The van der Waals surface area contributed by atoms with Gasteiger partial charge in [0.15, 0.2) is 17.5 Å². The summed E-state index contributed by atoms with van der Waals surface area (Å²) in [7, 11) is 0. The minimum Gasteiger partial charge on any atom is -0.323 e. The Balaban J connectivity index is 2.22. The monoisotopic (exact) mass is 269 g/mol. The summed E-state index contributed by atoms with van der Waals surface area (Å²) in [5.41, 5.74) is -0.136. The number of halogens is 3. The van der Waals surface area contributed by atoms with Crippen molar-refractivity contribution in [3.63, 3.8) is 0 Å². The second kappa shape index (κ2) is 5.77. The number of anilines is 2. The Labute approximate surface area is 109 Å². The fourth-order valence-electron chi connectivity index (χ4n) is 1.69. The minimum atomic E-state index is -1.49. The quantitative estimate of drug-likeness (QED) is 0.836. The van der Waals surface area contributed by atoms with Crippen LogP contribution < -0.4 is 5.32 Å². The number of hydrogen-bond acceptors (Lipinski definition) is 2. The summed E-state index contributed by atoms with van der Waals surface area (Å²) in [6, 6.07) is 2.02. The summed E-state index contributed by atoms with van der Waals surface area (Å²) in [6.07, 6.45) is 5.27. The number of aromatic nitrogens is 2.